The first-order valence-corrected chi connectivity index (χ1v) is 7.34. The molecule has 0 aliphatic heterocycles. The topological polar surface area (TPSA) is 21.3 Å². The van der Waals surface area contributed by atoms with Gasteiger partial charge >= 0.3 is 0 Å². The number of hydrogen-bond acceptors (Lipinski definition) is 2. The molecule has 0 fully saturated rings. The normalized spacial score (nSPS) is 14.9. The van der Waals surface area contributed by atoms with E-state index in [9.17, 15) is 0 Å². The summed E-state index contributed by atoms with van der Waals surface area (Å²) >= 11 is 0. The first-order valence-electron chi connectivity index (χ1n) is 7.34. The lowest BCUT2D eigenvalue weighted by Crippen LogP contribution is -2.40. The summed E-state index contributed by atoms with van der Waals surface area (Å²) in [7, 11) is 1.77. The second-order valence-corrected chi connectivity index (χ2v) is 6.07. The largest absolute Gasteiger partial charge is 0.383 e. The molecule has 108 valence electrons. The van der Waals surface area contributed by atoms with Crippen molar-refractivity contribution >= 4 is 0 Å². The van der Waals surface area contributed by atoms with Crippen molar-refractivity contribution in [2.45, 2.75) is 46.2 Å². The highest BCUT2D eigenvalue weighted by molar-refractivity contribution is 5.19. The van der Waals surface area contributed by atoms with Gasteiger partial charge in [0.15, 0.2) is 0 Å². The Kier molecular flexibility index (Phi) is 7.11. The summed E-state index contributed by atoms with van der Waals surface area (Å²) in [5.41, 5.74) is 1.37. The SMILES string of the molecule is COCC(NC(CC(C)C)c1ccccc1)C(C)C. The van der Waals surface area contributed by atoms with E-state index in [2.05, 4.69) is 63.3 Å². The summed E-state index contributed by atoms with van der Waals surface area (Å²) < 4.78 is 5.34. The van der Waals surface area contributed by atoms with E-state index in [-0.39, 0.29) is 0 Å². The summed E-state index contributed by atoms with van der Waals surface area (Å²) in [4.78, 5) is 0. The van der Waals surface area contributed by atoms with Crippen LogP contribution in [0.3, 0.4) is 0 Å². The van der Waals surface area contributed by atoms with Crippen molar-refractivity contribution in [2.24, 2.45) is 11.8 Å². The third-order valence-electron chi connectivity index (χ3n) is 3.48. The molecule has 1 N–H and O–H groups in total. The van der Waals surface area contributed by atoms with Gasteiger partial charge in [-0.15, -0.1) is 0 Å². The van der Waals surface area contributed by atoms with E-state index in [4.69, 9.17) is 4.74 Å². The number of hydrogen-bond donors (Lipinski definition) is 1. The summed E-state index contributed by atoms with van der Waals surface area (Å²) in [5, 5.41) is 3.78. The molecule has 2 unspecified atom stereocenters. The Labute approximate surface area is 118 Å². The van der Waals surface area contributed by atoms with Gasteiger partial charge in [0.05, 0.1) is 6.61 Å². The highest BCUT2D eigenvalue weighted by Crippen LogP contribution is 2.23. The van der Waals surface area contributed by atoms with Gasteiger partial charge in [-0.3, -0.25) is 0 Å². The van der Waals surface area contributed by atoms with Gasteiger partial charge in [-0.05, 0) is 23.8 Å². The zero-order valence-electron chi connectivity index (χ0n) is 13.0. The number of benzene rings is 1. The van der Waals surface area contributed by atoms with Gasteiger partial charge in [-0.1, -0.05) is 58.0 Å². The molecule has 0 aliphatic carbocycles. The lowest BCUT2D eigenvalue weighted by atomic mass is 9.94. The highest BCUT2D eigenvalue weighted by Gasteiger charge is 2.20. The molecule has 1 rings (SSSR count). The van der Waals surface area contributed by atoms with Crippen LogP contribution in [0.2, 0.25) is 0 Å². The van der Waals surface area contributed by atoms with Gasteiger partial charge in [-0.25, -0.2) is 0 Å². The zero-order valence-corrected chi connectivity index (χ0v) is 13.0. The molecule has 2 heteroatoms. The molecule has 19 heavy (non-hydrogen) atoms. The van der Waals surface area contributed by atoms with Crippen LogP contribution >= 0.6 is 0 Å². The van der Waals surface area contributed by atoms with E-state index in [0.717, 1.165) is 13.0 Å². The van der Waals surface area contributed by atoms with E-state index >= 15 is 0 Å². The minimum atomic E-state index is 0.397. The van der Waals surface area contributed by atoms with Crippen LogP contribution in [0.5, 0.6) is 0 Å². The molecule has 1 aromatic carbocycles. The molecule has 0 bridgehead atoms. The maximum absolute atomic E-state index is 5.34. The number of ether oxygens (including phenoxy) is 1. The van der Waals surface area contributed by atoms with Crippen molar-refractivity contribution in [2.75, 3.05) is 13.7 Å². The first kappa shape index (κ1) is 16.2. The second-order valence-electron chi connectivity index (χ2n) is 6.07. The van der Waals surface area contributed by atoms with E-state index in [1.165, 1.54) is 5.56 Å². The Morgan fingerprint density at radius 2 is 1.68 bits per heavy atom. The third-order valence-corrected chi connectivity index (χ3v) is 3.48. The molecule has 0 spiro atoms. The fraction of sp³-hybridized carbons (Fsp3) is 0.647. The van der Waals surface area contributed by atoms with Crippen LogP contribution < -0.4 is 5.32 Å². The van der Waals surface area contributed by atoms with Crippen molar-refractivity contribution in [1.82, 2.24) is 5.32 Å². The Morgan fingerprint density at radius 1 is 1.05 bits per heavy atom. The van der Waals surface area contributed by atoms with Crippen LogP contribution in [0, 0.1) is 11.8 Å². The fourth-order valence-corrected chi connectivity index (χ4v) is 2.33. The summed E-state index contributed by atoms with van der Waals surface area (Å²) in [6, 6.07) is 11.5. The quantitative estimate of drug-likeness (QED) is 0.764. The number of rotatable bonds is 8. The Hall–Kier alpha value is -0.860. The minimum absolute atomic E-state index is 0.397. The van der Waals surface area contributed by atoms with Gasteiger partial charge < -0.3 is 10.1 Å². The maximum atomic E-state index is 5.34. The van der Waals surface area contributed by atoms with Crippen LogP contribution in [0.25, 0.3) is 0 Å². The van der Waals surface area contributed by atoms with E-state index in [0.29, 0.717) is 23.9 Å². The van der Waals surface area contributed by atoms with Crippen molar-refractivity contribution in [3.63, 3.8) is 0 Å². The molecular weight excluding hydrogens is 234 g/mol. The monoisotopic (exact) mass is 263 g/mol. The van der Waals surface area contributed by atoms with Crippen LogP contribution in [-0.4, -0.2) is 19.8 Å². The van der Waals surface area contributed by atoms with Crippen LogP contribution in [-0.2, 0) is 4.74 Å². The van der Waals surface area contributed by atoms with Crippen LogP contribution in [0.1, 0.15) is 45.7 Å². The molecule has 0 aliphatic rings. The van der Waals surface area contributed by atoms with Gasteiger partial charge in [0, 0.05) is 19.2 Å². The Bertz CT molecular complexity index is 334. The van der Waals surface area contributed by atoms with Crippen molar-refractivity contribution in [3.05, 3.63) is 35.9 Å². The van der Waals surface area contributed by atoms with Gasteiger partial charge in [0.2, 0.25) is 0 Å². The second kappa shape index (κ2) is 8.34. The molecule has 1 aromatic rings. The number of nitrogens with one attached hydrogen (secondary N) is 1. The molecular formula is C17H29NO. The third kappa shape index (κ3) is 5.75. The van der Waals surface area contributed by atoms with E-state index in [1.54, 1.807) is 7.11 Å². The maximum Gasteiger partial charge on any atom is 0.0618 e. The molecule has 2 atom stereocenters. The molecule has 0 aromatic heterocycles. The Balaban J connectivity index is 2.79. The van der Waals surface area contributed by atoms with Crippen molar-refractivity contribution in [1.29, 1.82) is 0 Å². The predicted molar refractivity (Wildman–Crippen MR) is 82.3 cm³/mol. The lowest BCUT2D eigenvalue weighted by Gasteiger charge is -2.29. The average Bonchev–Trinajstić information content (AvgIpc) is 2.37. The molecule has 2 nitrogen and oxygen atoms in total. The van der Waals surface area contributed by atoms with Gasteiger partial charge in [-0.2, -0.15) is 0 Å². The summed E-state index contributed by atoms with van der Waals surface area (Å²) in [5.74, 6) is 1.24. The lowest BCUT2D eigenvalue weighted by molar-refractivity contribution is 0.137. The fourth-order valence-electron chi connectivity index (χ4n) is 2.33. The molecule has 0 saturated carbocycles. The van der Waals surface area contributed by atoms with Gasteiger partial charge in [0.25, 0.3) is 0 Å². The first-order chi connectivity index (χ1) is 9.04. The molecule has 0 amide bonds. The smallest absolute Gasteiger partial charge is 0.0618 e. The zero-order chi connectivity index (χ0) is 14.3. The van der Waals surface area contributed by atoms with E-state index in [1.807, 2.05) is 0 Å². The summed E-state index contributed by atoms with van der Waals surface area (Å²) in [6.07, 6.45) is 1.15. The Morgan fingerprint density at radius 3 is 2.16 bits per heavy atom. The average molecular weight is 263 g/mol. The van der Waals surface area contributed by atoms with Gasteiger partial charge in [0.1, 0.15) is 0 Å². The molecule has 0 heterocycles. The molecule has 0 saturated heterocycles. The van der Waals surface area contributed by atoms with Crippen LogP contribution in [0.4, 0.5) is 0 Å². The summed E-state index contributed by atoms with van der Waals surface area (Å²) in [6.45, 7) is 9.80. The highest BCUT2D eigenvalue weighted by atomic mass is 16.5. The van der Waals surface area contributed by atoms with Crippen molar-refractivity contribution < 1.29 is 4.74 Å². The predicted octanol–water partition coefficient (Wildman–Crippen LogP) is 4.03. The minimum Gasteiger partial charge on any atom is -0.383 e. The van der Waals surface area contributed by atoms with E-state index < -0.39 is 0 Å². The van der Waals surface area contributed by atoms with Crippen LogP contribution in [0.15, 0.2) is 30.3 Å². The standard InChI is InChI=1S/C17H29NO/c1-13(2)11-16(15-9-7-6-8-10-15)18-17(12-19-5)14(3)4/h6-10,13-14,16-18H,11-12H2,1-5H3. The molecule has 0 radical (unpaired) electrons. The number of methoxy groups -OCH3 is 1. The van der Waals surface area contributed by atoms with Crippen molar-refractivity contribution in [3.8, 4) is 0 Å².